The van der Waals surface area contributed by atoms with E-state index in [-0.39, 0.29) is 31.3 Å². The van der Waals surface area contributed by atoms with Gasteiger partial charge in [0.2, 0.25) is 17.7 Å². The van der Waals surface area contributed by atoms with E-state index < -0.39 is 60.8 Å². The summed E-state index contributed by atoms with van der Waals surface area (Å²) in [6, 6.07) is -3.28. The van der Waals surface area contributed by atoms with Crippen LogP contribution in [0.2, 0.25) is 0 Å². The number of carbonyl (C=O) groups is 5. The Hall–Kier alpha value is -3.42. The zero-order valence-corrected chi connectivity index (χ0v) is 18.9. The van der Waals surface area contributed by atoms with E-state index in [1.807, 2.05) is 0 Å². The predicted molar refractivity (Wildman–Crippen MR) is 119 cm³/mol. The lowest BCUT2D eigenvalue weighted by Crippen LogP contribution is -2.57. The molecule has 0 spiro atoms. The number of nitrogens with one attached hydrogen (secondary N) is 3. The molecule has 0 aliphatic rings. The first-order chi connectivity index (χ1) is 15.4. The molecule has 14 nitrogen and oxygen atoms in total. The van der Waals surface area contributed by atoms with Crippen LogP contribution in [0.3, 0.4) is 0 Å². The fourth-order valence-electron chi connectivity index (χ4n) is 2.70. The SMILES string of the molecule is CCC(C)C(NC(=O)C(N)CCCN=C(N)N)C(=O)NC(CCC(=O)O)C(=O)NCC(=O)O. The van der Waals surface area contributed by atoms with Crippen molar-refractivity contribution in [2.24, 2.45) is 28.1 Å². The highest BCUT2D eigenvalue weighted by Crippen LogP contribution is 2.10. The van der Waals surface area contributed by atoms with Gasteiger partial charge in [-0.2, -0.15) is 0 Å². The second-order valence-corrected chi connectivity index (χ2v) is 7.53. The maximum absolute atomic E-state index is 12.9. The van der Waals surface area contributed by atoms with Gasteiger partial charge in [0, 0.05) is 13.0 Å². The second kappa shape index (κ2) is 15.4. The normalized spacial score (nSPS) is 14.2. The van der Waals surface area contributed by atoms with Crippen molar-refractivity contribution < 1.29 is 34.2 Å². The van der Waals surface area contributed by atoms with Crippen molar-refractivity contribution in [2.45, 2.75) is 64.1 Å². The third-order valence-electron chi connectivity index (χ3n) is 4.79. The fraction of sp³-hybridized carbons (Fsp3) is 0.684. The lowest BCUT2D eigenvalue weighted by atomic mass is 9.97. The molecular formula is C19H35N7O7. The van der Waals surface area contributed by atoms with Crippen molar-refractivity contribution in [3.63, 3.8) is 0 Å². The number of aliphatic carboxylic acids is 2. The smallest absolute Gasteiger partial charge is 0.322 e. The van der Waals surface area contributed by atoms with Crippen LogP contribution in [-0.4, -0.2) is 77.0 Å². The predicted octanol–water partition coefficient (Wildman–Crippen LogP) is -2.55. The molecule has 0 saturated carbocycles. The van der Waals surface area contributed by atoms with Gasteiger partial charge in [-0.05, 0) is 25.2 Å². The number of carboxylic acids is 2. The highest BCUT2D eigenvalue weighted by atomic mass is 16.4. The van der Waals surface area contributed by atoms with Crippen molar-refractivity contribution in [1.82, 2.24) is 16.0 Å². The summed E-state index contributed by atoms with van der Waals surface area (Å²) in [4.78, 5) is 63.0. The van der Waals surface area contributed by atoms with Crippen LogP contribution < -0.4 is 33.2 Å². The van der Waals surface area contributed by atoms with Crippen molar-refractivity contribution in [3.05, 3.63) is 0 Å². The average molecular weight is 474 g/mol. The molecule has 0 radical (unpaired) electrons. The summed E-state index contributed by atoms with van der Waals surface area (Å²) in [7, 11) is 0. The molecule has 0 aromatic heterocycles. The van der Waals surface area contributed by atoms with Gasteiger partial charge in [0.05, 0.1) is 6.04 Å². The first kappa shape index (κ1) is 29.6. The van der Waals surface area contributed by atoms with Crippen LogP contribution in [0.5, 0.6) is 0 Å². The summed E-state index contributed by atoms with van der Waals surface area (Å²) in [5.74, 6) is -5.07. The zero-order chi connectivity index (χ0) is 25.6. The molecule has 0 saturated heterocycles. The number of carboxylic acid groups (broad SMARTS) is 2. The lowest BCUT2D eigenvalue weighted by Gasteiger charge is -2.27. The van der Waals surface area contributed by atoms with Gasteiger partial charge in [0.15, 0.2) is 5.96 Å². The van der Waals surface area contributed by atoms with Gasteiger partial charge in [-0.25, -0.2) is 0 Å². The lowest BCUT2D eigenvalue weighted by molar-refractivity contribution is -0.140. The third-order valence-corrected chi connectivity index (χ3v) is 4.79. The molecule has 3 amide bonds. The first-order valence-electron chi connectivity index (χ1n) is 10.5. The molecule has 188 valence electrons. The van der Waals surface area contributed by atoms with E-state index in [0.29, 0.717) is 12.8 Å². The number of amides is 3. The number of nitrogens with two attached hydrogens (primary N) is 3. The van der Waals surface area contributed by atoms with Crippen LogP contribution in [0.25, 0.3) is 0 Å². The van der Waals surface area contributed by atoms with Crippen LogP contribution in [0.1, 0.15) is 46.0 Å². The highest BCUT2D eigenvalue weighted by molar-refractivity contribution is 5.94. The zero-order valence-electron chi connectivity index (χ0n) is 18.9. The Bertz CT molecular complexity index is 725. The molecule has 0 aromatic rings. The van der Waals surface area contributed by atoms with Gasteiger partial charge in [0.25, 0.3) is 0 Å². The van der Waals surface area contributed by atoms with Gasteiger partial charge in [-0.1, -0.05) is 20.3 Å². The molecule has 0 heterocycles. The van der Waals surface area contributed by atoms with E-state index in [9.17, 15) is 24.0 Å². The van der Waals surface area contributed by atoms with Crippen LogP contribution in [-0.2, 0) is 24.0 Å². The van der Waals surface area contributed by atoms with Crippen molar-refractivity contribution in [2.75, 3.05) is 13.1 Å². The number of hydrogen-bond acceptors (Lipinski definition) is 7. The molecule has 14 heteroatoms. The topological polar surface area (TPSA) is 252 Å². The number of rotatable bonds is 16. The summed E-state index contributed by atoms with van der Waals surface area (Å²) < 4.78 is 0. The highest BCUT2D eigenvalue weighted by Gasteiger charge is 2.31. The first-order valence-corrected chi connectivity index (χ1v) is 10.5. The Labute approximate surface area is 191 Å². The Morgan fingerprint density at radius 1 is 0.939 bits per heavy atom. The largest absolute Gasteiger partial charge is 0.481 e. The third kappa shape index (κ3) is 12.9. The molecular weight excluding hydrogens is 438 g/mol. The Morgan fingerprint density at radius 2 is 1.58 bits per heavy atom. The molecule has 0 rings (SSSR count). The molecule has 33 heavy (non-hydrogen) atoms. The van der Waals surface area contributed by atoms with E-state index in [1.54, 1.807) is 13.8 Å². The molecule has 0 fully saturated rings. The number of aliphatic imine (C=N–C) groups is 1. The van der Waals surface area contributed by atoms with E-state index >= 15 is 0 Å². The van der Waals surface area contributed by atoms with Gasteiger partial charge in [-0.15, -0.1) is 0 Å². The van der Waals surface area contributed by atoms with Crippen LogP contribution >= 0.6 is 0 Å². The maximum Gasteiger partial charge on any atom is 0.322 e. The number of carbonyl (C=O) groups excluding carboxylic acids is 3. The van der Waals surface area contributed by atoms with E-state index in [2.05, 4.69) is 20.9 Å². The minimum Gasteiger partial charge on any atom is -0.481 e. The van der Waals surface area contributed by atoms with Crippen molar-refractivity contribution in [1.29, 1.82) is 0 Å². The molecule has 0 aliphatic heterocycles. The van der Waals surface area contributed by atoms with Crippen LogP contribution in [0.15, 0.2) is 4.99 Å². The Morgan fingerprint density at radius 3 is 2.09 bits per heavy atom. The van der Waals surface area contributed by atoms with Crippen LogP contribution in [0, 0.1) is 5.92 Å². The van der Waals surface area contributed by atoms with E-state index in [0.717, 1.165) is 0 Å². The van der Waals surface area contributed by atoms with Crippen molar-refractivity contribution >= 4 is 35.6 Å². The van der Waals surface area contributed by atoms with Gasteiger partial charge in [-0.3, -0.25) is 29.0 Å². The van der Waals surface area contributed by atoms with Crippen molar-refractivity contribution in [3.8, 4) is 0 Å². The summed E-state index contributed by atoms with van der Waals surface area (Å²) in [5, 5.41) is 24.7. The molecule has 0 aliphatic carbocycles. The summed E-state index contributed by atoms with van der Waals surface area (Å²) >= 11 is 0. The number of nitrogens with zero attached hydrogens (tertiary/aromatic N) is 1. The minimum atomic E-state index is -1.30. The van der Waals surface area contributed by atoms with E-state index in [4.69, 9.17) is 27.4 Å². The van der Waals surface area contributed by atoms with E-state index in [1.165, 1.54) is 0 Å². The molecule has 11 N–H and O–H groups in total. The number of guanidine groups is 1. The molecule has 4 unspecified atom stereocenters. The maximum atomic E-state index is 12.9. The Kier molecular flexibility index (Phi) is 13.8. The molecule has 0 bridgehead atoms. The van der Waals surface area contributed by atoms with Gasteiger partial charge in [0.1, 0.15) is 18.6 Å². The summed E-state index contributed by atoms with van der Waals surface area (Å²) in [6.07, 6.45) is 0.498. The summed E-state index contributed by atoms with van der Waals surface area (Å²) in [6.45, 7) is 3.10. The Balaban J connectivity index is 5.25. The molecule has 0 aromatic carbocycles. The summed E-state index contributed by atoms with van der Waals surface area (Å²) in [5.41, 5.74) is 16.3. The van der Waals surface area contributed by atoms with Gasteiger partial charge < -0.3 is 43.4 Å². The molecule has 4 atom stereocenters. The number of hydrogen-bond donors (Lipinski definition) is 8. The monoisotopic (exact) mass is 473 g/mol. The average Bonchev–Trinajstić information content (AvgIpc) is 2.74. The van der Waals surface area contributed by atoms with Gasteiger partial charge >= 0.3 is 11.9 Å². The quantitative estimate of drug-likeness (QED) is 0.0661. The second-order valence-electron chi connectivity index (χ2n) is 7.53. The fourth-order valence-corrected chi connectivity index (χ4v) is 2.70. The standard InChI is InChI=1S/C19H35N7O7/c1-3-10(2)15(26-16(31)11(20)5-4-8-23-19(21)22)18(33)25-12(6-7-13(27)28)17(32)24-9-14(29)30/h10-12,15H,3-9,20H2,1-2H3,(H,24,32)(H,25,33)(H,26,31)(H,27,28)(H,29,30)(H4,21,22,23). The van der Waals surface area contributed by atoms with Crippen LogP contribution in [0.4, 0.5) is 0 Å². The minimum absolute atomic E-state index is 0.0774.